The molecule has 184 valence electrons. The van der Waals surface area contributed by atoms with Gasteiger partial charge in [-0.2, -0.15) is 0 Å². The van der Waals surface area contributed by atoms with Crippen LogP contribution in [0.15, 0.2) is 67.0 Å². The minimum atomic E-state index is -0.299. The Kier molecular flexibility index (Phi) is 8.38. The van der Waals surface area contributed by atoms with Crippen LogP contribution in [0.5, 0.6) is 11.5 Å². The summed E-state index contributed by atoms with van der Waals surface area (Å²) in [6.45, 7) is 6.06. The molecule has 35 heavy (non-hydrogen) atoms. The molecular formula is C27H33N5O3. The van der Waals surface area contributed by atoms with Gasteiger partial charge < -0.3 is 19.7 Å². The summed E-state index contributed by atoms with van der Waals surface area (Å²) in [5, 5.41) is 5.78. The number of rotatable bonds is 9. The van der Waals surface area contributed by atoms with Crippen LogP contribution in [0.2, 0.25) is 0 Å². The first-order chi connectivity index (χ1) is 17.1. The maximum absolute atomic E-state index is 12.5. The van der Waals surface area contributed by atoms with Crippen molar-refractivity contribution in [1.82, 2.24) is 15.3 Å². The molecule has 0 aliphatic carbocycles. The van der Waals surface area contributed by atoms with Gasteiger partial charge >= 0.3 is 6.03 Å². The third-order valence-corrected chi connectivity index (χ3v) is 5.77. The van der Waals surface area contributed by atoms with Gasteiger partial charge in [0.2, 0.25) is 0 Å². The molecule has 2 heterocycles. The molecule has 4 rings (SSSR count). The van der Waals surface area contributed by atoms with Gasteiger partial charge in [0.05, 0.1) is 25.5 Å². The predicted octanol–water partition coefficient (Wildman–Crippen LogP) is 4.68. The molecule has 1 fully saturated rings. The Hall–Kier alpha value is -3.81. The van der Waals surface area contributed by atoms with Crippen molar-refractivity contribution in [3.05, 3.63) is 72.6 Å². The lowest BCUT2D eigenvalue weighted by atomic mass is 10.1. The van der Waals surface area contributed by atoms with E-state index in [1.165, 1.54) is 5.56 Å². The quantitative estimate of drug-likeness (QED) is 0.467. The molecule has 8 heteroatoms. The largest absolute Gasteiger partial charge is 0.490 e. The molecule has 2 unspecified atom stereocenters. The highest BCUT2D eigenvalue weighted by Crippen LogP contribution is 2.29. The van der Waals surface area contributed by atoms with E-state index in [0.29, 0.717) is 24.8 Å². The topological polar surface area (TPSA) is 88.6 Å². The average molecular weight is 476 g/mol. The molecule has 2 aromatic carbocycles. The zero-order valence-corrected chi connectivity index (χ0v) is 20.3. The number of piperidine rings is 1. The number of benzene rings is 2. The lowest BCUT2D eigenvalue weighted by Gasteiger charge is -2.33. The lowest BCUT2D eigenvalue weighted by molar-refractivity contribution is 0.170. The normalized spacial score (nSPS) is 16.3. The summed E-state index contributed by atoms with van der Waals surface area (Å²) in [6.07, 6.45) is 5.95. The molecule has 0 saturated carbocycles. The molecule has 0 radical (unpaired) electrons. The highest BCUT2D eigenvalue weighted by Gasteiger charge is 2.24. The molecule has 1 aliphatic rings. The molecular weight excluding hydrogens is 442 g/mol. The van der Waals surface area contributed by atoms with Crippen LogP contribution in [0.1, 0.15) is 32.3 Å². The number of carbonyl (C=O) groups excluding carboxylic acids is 1. The number of ether oxygens (including phenoxy) is 2. The van der Waals surface area contributed by atoms with Crippen molar-refractivity contribution in [1.29, 1.82) is 0 Å². The highest BCUT2D eigenvalue weighted by atomic mass is 16.5. The summed E-state index contributed by atoms with van der Waals surface area (Å²) < 4.78 is 12.0. The van der Waals surface area contributed by atoms with E-state index in [2.05, 4.69) is 37.6 Å². The van der Waals surface area contributed by atoms with Crippen LogP contribution < -0.4 is 25.0 Å². The number of carbonyl (C=O) groups is 1. The van der Waals surface area contributed by atoms with E-state index in [1.54, 1.807) is 12.4 Å². The number of nitrogens with one attached hydrogen (secondary N) is 2. The average Bonchev–Trinajstić information content (AvgIpc) is 2.86. The standard InChI is InChI=1S/C27H33N5O3/c1-3-34-23-13-7-8-14-24(23)35-22-12-9-15-32(19-22)26-18-28-17-25(30-26)31-27(33)29-20(2)16-21-10-5-4-6-11-21/h4-8,10-11,13-14,17-18,20,22H,3,9,12,15-16,19H2,1-2H3,(H2,29,30,31,33). The molecule has 0 spiro atoms. The summed E-state index contributed by atoms with van der Waals surface area (Å²) in [5.41, 5.74) is 1.17. The Morgan fingerprint density at radius 3 is 2.69 bits per heavy atom. The SMILES string of the molecule is CCOc1ccccc1OC1CCCN(c2cncc(NC(=O)NC(C)Cc3ccccc3)n2)C1. The van der Waals surface area contributed by atoms with Gasteiger partial charge in [-0.25, -0.2) is 9.78 Å². The Morgan fingerprint density at radius 2 is 1.89 bits per heavy atom. The van der Waals surface area contributed by atoms with E-state index >= 15 is 0 Å². The molecule has 1 aromatic heterocycles. The van der Waals surface area contributed by atoms with Gasteiger partial charge in [0.15, 0.2) is 17.3 Å². The molecule has 2 atom stereocenters. The fourth-order valence-corrected chi connectivity index (χ4v) is 4.21. The molecule has 1 aliphatic heterocycles. The monoisotopic (exact) mass is 475 g/mol. The predicted molar refractivity (Wildman–Crippen MR) is 137 cm³/mol. The second kappa shape index (κ2) is 12.1. The first-order valence-electron chi connectivity index (χ1n) is 12.2. The van der Waals surface area contributed by atoms with Crippen LogP contribution in [0.25, 0.3) is 0 Å². The summed E-state index contributed by atoms with van der Waals surface area (Å²) in [6, 6.07) is 17.5. The fourth-order valence-electron chi connectivity index (χ4n) is 4.21. The molecule has 1 saturated heterocycles. The zero-order valence-electron chi connectivity index (χ0n) is 20.3. The van der Waals surface area contributed by atoms with Crippen LogP contribution in [-0.4, -0.2) is 47.8 Å². The van der Waals surface area contributed by atoms with E-state index in [0.717, 1.165) is 37.3 Å². The van der Waals surface area contributed by atoms with Gasteiger partial charge in [-0.3, -0.25) is 10.3 Å². The summed E-state index contributed by atoms with van der Waals surface area (Å²) in [5.74, 6) is 2.64. The molecule has 8 nitrogen and oxygen atoms in total. The maximum atomic E-state index is 12.5. The fraction of sp³-hybridized carbons (Fsp3) is 0.370. The Bertz CT molecular complexity index is 1090. The minimum Gasteiger partial charge on any atom is -0.490 e. The smallest absolute Gasteiger partial charge is 0.320 e. The van der Waals surface area contributed by atoms with Crippen LogP contribution >= 0.6 is 0 Å². The summed E-state index contributed by atoms with van der Waals surface area (Å²) >= 11 is 0. The molecule has 2 amide bonds. The van der Waals surface area contributed by atoms with Gasteiger partial charge in [0, 0.05) is 12.6 Å². The van der Waals surface area contributed by atoms with Crippen molar-refractivity contribution in [2.24, 2.45) is 0 Å². The van der Waals surface area contributed by atoms with E-state index in [-0.39, 0.29) is 18.2 Å². The maximum Gasteiger partial charge on any atom is 0.320 e. The number of nitrogens with zero attached hydrogens (tertiary/aromatic N) is 3. The van der Waals surface area contributed by atoms with Crippen LogP contribution in [0.4, 0.5) is 16.4 Å². The number of amides is 2. The van der Waals surface area contributed by atoms with Crippen molar-refractivity contribution in [3.63, 3.8) is 0 Å². The summed E-state index contributed by atoms with van der Waals surface area (Å²) in [7, 11) is 0. The minimum absolute atomic E-state index is 0.00547. The Morgan fingerprint density at radius 1 is 1.11 bits per heavy atom. The van der Waals surface area contributed by atoms with E-state index in [1.807, 2.05) is 56.3 Å². The first kappa shape index (κ1) is 24.3. The third-order valence-electron chi connectivity index (χ3n) is 5.77. The second-order valence-corrected chi connectivity index (χ2v) is 8.66. The van der Waals surface area contributed by atoms with Crippen molar-refractivity contribution < 1.29 is 14.3 Å². The third kappa shape index (κ3) is 7.09. The molecule has 2 N–H and O–H groups in total. The van der Waals surface area contributed by atoms with Gasteiger partial charge in [-0.15, -0.1) is 0 Å². The molecule has 0 bridgehead atoms. The van der Waals surface area contributed by atoms with Crippen LogP contribution in [0.3, 0.4) is 0 Å². The van der Waals surface area contributed by atoms with Gasteiger partial charge in [-0.05, 0) is 50.8 Å². The Labute approximate surface area is 206 Å². The van der Waals surface area contributed by atoms with E-state index < -0.39 is 0 Å². The number of anilines is 2. The number of aromatic nitrogens is 2. The number of para-hydroxylation sites is 2. The van der Waals surface area contributed by atoms with Crippen LogP contribution in [0, 0.1) is 0 Å². The first-order valence-corrected chi connectivity index (χ1v) is 12.2. The van der Waals surface area contributed by atoms with Crippen molar-refractivity contribution in [2.45, 2.75) is 45.3 Å². The second-order valence-electron chi connectivity index (χ2n) is 8.66. The van der Waals surface area contributed by atoms with E-state index in [9.17, 15) is 4.79 Å². The van der Waals surface area contributed by atoms with Crippen molar-refractivity contribution in [2.75, 3.05) is 29.9 Å². The molecule has 3 aromatic rings. The zero-order chi connectivity index (χ0) is 24.5. The van der Waals surface area contributed by atoms with Gasteiger partial charge in [0.1, 0.15) is 11.9 Å². The highest BCUT2D eigenvalue weighted by molar-refractivity contribution is 5.88. The van der Waals surface area contributed by atoms with Gasteiger partial charge in [0.25, 0.3) is 0 Å². The van der Waals surface area contributed by atoms with Crippen molar-refractivity contribution >= 4 is 17.7 Å². The number of hydrogen-bond acceptors (Lipinski definition) is 6. The number of urea groups is 1. The lowest BCUT2D eigenvalue weighted by Crippen LogP contribution is -2.42. The van der Waals surface area contributed by atoms with E-state index in [4.69, 9.17) is 9.47 Å². The Balaban J connectivity index is 1.33. The van der Waals surface area contributed by atoms with Crippen molar-refractivity contribution in [3.8, 4) is 11.5 Å². The number of hydrogen-bond donors (Lipinski definition) is 2. The summed E-state index contributed by atoms with van der Waals surface area (Å²) in [4.78, 5) is 23.6. The van der Waals surface area contributed by atoms with Gasteiger partial charge in [-0.1, -0.05) is 42.5 Å². The van der Waals surface area contributed by atoms with Crippen LogP contribution in [-0.2, 0) is 6.42 Å².